The van der Waals surface area contributed by atoms with Gasteiger partial charge in [-0.1, -0.05) is 6.07 Å². The van der Waals surface area contributed by atoms with Crippen molar-refractivity contribution in [2.75, 3.05) is 7.05 Å². The van der Waals surface area contributed by atoms with E-state index >= 15 is 0 Å². The van der Waals surface area contributed by atoms with E-state index in [2.05, 4.69) is 10.1 Å². The van der Waals surface area contributed by atoms with E-state index in [4.69, 9.17) is 0 Å². The van der Waals surface area contributed by atoms with E-state index in [9.17, 15) is 18.4 Å². The van der Waals surface area contributed by atoms with E-state index in [0.29, 0.717) is 16.6 Å². The standard InChI is InChI=1S/C17H17F2N5O2/c1-10(11-4-5-13(18)14(19)6-11)22(2)15(25)8-24-9-20-16-12(17(24)26)7-21-23(16)3/h4-7,9-10H,8H2,1-3H3. The summed E-state index contributed by atoms with van der Waals surface area (Å²) in [4.78, 5) is 30.5. The number of halogens is 2. The van der Waals surface area contributed by atoms with Crippen LogP contribution < -0.4 is 5.56 Å². The predicted octanol–water partition coefficient (Wildman–Crippen LogP) is 1.63. The van der Waals surface area contributed by atoms with Gasteiger partial charge in [-0.15, -0.1) is 0 Å². The van der Waals surface area contributed by atoms with Crippen molar-refractivity contribution in [2.24, 2.45) is 7.05 Å². The molecule has 0 aliphatic rings. The summed E-state index contributed by atoms with van der Waals surface area (Å²) in [6, 6.07) is 2.99. The van der Waals surface area contributed by atoms with Crippen molar-refractivity contribution in [1.29, 1.82) is 0 Å². The Bertz CT molecular complexity index is 1040. The van der Waals surface area contributed by atoms with Crippen molar-refractivity contribution in [3.63, 3.8) is 0 Å². The summed E-state index contributed by atoms with van der Waals surface area (Å²) in [5.41, 5.74) is 0.514. The highest BCUT2D eigenvalue weighted by Gasteiger charge is 2.20. The number of hydrogen-bond donors (Lipinski definition) is 0. The number of aryl methyl sites for hydroxylation is 1. The second-order valence-corrected chi connectivity index (χ2v) is 6.04. The average Bonchev–Trinajstić information content (AvgIpc) is 3.00. The van der Waals surface area contributed by atoms with E-state index in [1.54, 1.807) is 14.0 Å². The first-order chi connectivity index (χ1) is 12.3. The maximum atomic E-state index is 13.4. The van der Waals surface area contributed by atoms with Crippen LogP contribution in [0.5, 0.6) is 0 Å². The van der Waals surface area contributed by atoms with Crippen LogP contribution in [0.1, 0.15) is 18.5 Å². The van der Waals surface area contributed by atoms with Gasteiger partial charge in [-0.25, -0.2) is 13.8 Å². The monoisotopic (exact) mass is 361 g/mol. The second kappa shape index (κ2) is 6.66. The molecule has 136 valence electrons. The summed E-state index contributed by atoms with van der Waals surface area (Å²) < 4.78 is 29.2. The fourth-order valence-corrected chi connectivity index (χ4v) is 2.65. The lowest BCUT2D eigenvalue weighted by Crippen LogP contribution is -2.35. The fraction of sp³-hybridized carbons (Fsp3) is 0.294. The Kier molecular flexibility index (Phi) is 4.54. The topological polar surface area (TPSA) is 73.0 Å². The molecule has 0 spiro atoms. The zero-order chi connectivity index (χ0) is 19.0. The minimum Gasteiger partial charge on any atom is -0.337 e. The van der Waals surface area contributed by atoms with Gasteiger partial charge >= 0.3 is 0 Å². The van der Waals surface area contributed by atoms with Crippen molar-refractivity contribution in [1.82, 2.24) is 24.2 Å². The van der Waals surface area contributed by atoms with Crippen molar-refractivity contribution in [3.05, 3.63) is 58.3 Å². The van der Waals surface area contributed by atoms with Crippen LogP contribution in [-0.2, 0) is 18.4 Å². The molecule has 3 aromatic rings. The minimum atomic E-state index is -0.974. The number of carbonyl (C=O) groups excluding carboxylic acids is 1. The number of nitrogens with zero attached hydrogens (tertiary/aromatic N) is 5. The van der Waals surface area contributed by atoms with Gasteiger partial charge in [0.1, 0.15) is 18.3 Å². The highest BCUT2D eigenvalue weighted by atomic mass is 19.2. The van der Waals surface area contributed by atoms with Gasteiger partial charge in [0.15, 0.2) is 17.3 Å². The third kappa shape index (κ3) is 3.07. The summed E-state index contributed by atoms with van der Waals surface area (Å²) in [5, 5.41) is 4.29. The Balaban J connectivity index is 1.81. The minimum absolute atomic E-state index is 0.221. The van der Waals surface area contributed by atoms with Gasteiger partial charge in [0, 0.05) is 14.1 Å². The molecule has 26 heavy (non-hydrogen) atoms. The normalized spacial score (nSPS) is 12.3. The van der Waals surface area contributed by atoms with Crippen LogP contribution in [0.25, 0.3) is 11.0 Å². The number of amides is 1. The van der Waals surface area contributed by atoms with Crippen molar-refractivity contribution >= 4 is 16.9 Å². The second-order valence-electron chi connectivity index (χ2n) is 6.04. The van der Waals surface area contributed by atoms with Crippen molar-refractivity contribution < 1.29 is 13.6 Å². The number of hydrogen-bond acceptors (Lipinski definition) is 4. The molecule has 0 fully saturated rings. The molecule has 0 saturated carbocycles. The Morgan fingerprint density at radius 3 is 2.73 bits per heavy atom. The largest absolute Gasteiger partial charge is 0.337 e. The first kappa shape index (κ1) is 17.7. The van der Waals surface area contributed by atoms with Crippen LogP contribution in [0.4, 0.5) is 8.78 Å². The lowest BCUT2D eigenvalue weighted by atomic mass is 10.1. The lowest BCUT2D eigenvalue weighted by molar-refractivity contribution is -0.132. The third-order valence-electron chi connectivity index (χ3n) is 4.42. The van der Waals surface area contributed by atoms with Crippen molar-refractivity contribution in [2.45, 2.75) is 19.5 Å². The molecular weight excluding hydrogens is 344 g/mol. The number of benzene rings is 1. The Morgan fingerprint density at radius 1 is 1.31 bits per heavy atom. The SMILES string of the molecule is CC(c1ccc(F)c(F)c1)N(C)C(=O)Cn1cnc2c(cnn2C)c1=O. The molecule has 0 saturated heterocycles. The van der Waals surface area contributed by atoms with Crippen LogP contribution in [0.2, 0.25) is 0 Å². The molecule has 1 unspecified atom stereocenters. The van der Waals surface area contributed by atoms with E-state index in [1.807, 2.05) is 0 Å². The van der Waals surface area contributed by atoms with Crippen LogP contribution in [-0.4, -0.2) is 37.2 Å². The van der Waals surface area contributed by atoms with Crippen LogP contribution >= 0.6 is 0 Å². The van der Waals surface area contributed by atoms with Gasteiger partial charge in [0.05, 0.1) is 12.2 Å². The molecule has 2 heterocycles. The highest BCUT2D eigenvalue weighted by molar-refractivity contribution is 5.77. The summed E-state index contributed by atoms with van der Waals surface area (Å²) >= 11 is 0. The molecule has 0 bridgehead atoms. The van der Waals surface area contributed by atoms with E-state index < -0.39 is 17.7 Å². The summed E-state index contributed by atoms with van der Waals surface area (Å²) in [6.07, 6.45) is 2.69. The van der Waals surface area contributed by atoms with Gasteiger partial charge in [0.2, 0.25) is 5.91 Å². The smallest absolute Gasteiger partial charge is 0.264 e. The molecule has 0 radical (unpaired) electrons. The molecule has 1 amide bonds. The molecule has 1 aromatic carbocycles. The number of carbonyl (C=O) groups is 1. The third-order valence-corrected chi connectivity index (χ3v) is 4.42. The van der Waals surface area contributed by atoms with Gasteiger partial charge in [-0.05, 0) is 24.6 Å². The number of likely N-dealkylation sites (N-methyl/N-ethyl adjacent to an activating group) is 1. The average molecular weight is 361 g/mol. The number of fused-ring (bicyclic) bond motifs is 1. The molecule has 0 aliphatic heterocycles. The van der Waals surface area contributed by atoms with E-state index in [-0.39, 0.29) is 18.0 Å². The quantitative estimate of drug-likeness (QED) is 0.708. The highest BCUT2D eigenvalue weighted by Crippen LogP contribution is 2.21. The molecule has 0 N–H and O–H groups in total. The van der Waals surface area contributed by atoms with E-state index in [1.165, 1.54) is 39.8 Å². The van der Waals surface area contributed by atoms with Crippen LogP contribution in [0.3, 0.4) is 0 Å². The Labute approximate surface area is 147 Å². The zero-order valence-electron chi connectivity index (χ0n) is 14.5. The van der Waals surface area contributed by atoms with Gasteiger partial charge in [0.25, 0.3) is 5.56 Å². The first-order valence-electron chi connectivity index (χ1n) is 7.87. The van der Waals surface area contributed by atoms with Crippen molar-refractivity contribution in [3.8, 4) is 0 Å². The lowest BCUT2D eigenvalue weighted by Gasteiger charge is -2.25. The number of rotatable bonds is 4. The maximum absolute atomic E-state index is 13.4. The molecule has 2 aromatic heterocycles. The van der Waals surface area contributed by atoms with E-state index in [0.717, 1.165) is 12.1 Å². The van der Waals surface area contributed by atoms with Crippen LogP contribution in [0.15, 0.2) is 35.5 Å². The maximum Gasteiger partial charge on any atom is 0.264 e. The van der Waals surface area contributed by atoms with Gasteiger partial charge in [-0.3, -0.25) is 18.8 Å². The molecule has 7 nitrogen and oxygen atoms in total. The predicted molar refractivity (Wildman–Crippen MR) is 90.3 cm³/mol. The summed E-state index contributed by atoms with van der Waals surface area (Å²) in [5.74, 6) is -2.29. The molecule has 9 heteroatoms. The fourth-order valence-electron chi connectivity index (χ4n) is 2.65. The first-order valence-corrected chi connectivity index (χ1v) is 7.87. The number of aromatic nitrogens is 4. The Morgan fingerprint density at radius 2 is 2.04 bits per heavy atom. The zero-order valence-corrected chi connectivity index (χ0v) is 14.5. The van der Waals surface area contributed by atoms with Gasteiger partial charge in [-0.2, -0.15) is 5.10 Å². The molecule has 0 aliphatic carbocycles. The van der Waals surface area contributed by atoms with Crippen LogP contribution in [0, 0.1) is 11.6 Å². The summed E-state index contributed by atoms with van der Waals surface area (Å²) in [6.45, 7) is 1.47. The molecule has 1 atom stereocenters. The summed E-state index contributed by atoms with van der Waals surface area (Å²) in [7, 11) is 3.21. The molecule has 3 rings (SSSR count). The Hall–Kier alpha value is -3.10. The van der Waals surface area contributed by atoms with Gasteiger partial charge < -0.3 is 4.90 Å². The molecular formula is C17H17F2N5O2.